The van der Waals surface area contributed by atoms with Crippen LogP contribution in [0.1, 0.15) is 29.6 Å². The monoisotopic (exact) mass is 320 g/mol. The Morgan fingerprint density at radius 3 is 2.65 bits per heavy atom. The minimum Gasteiger partial charge on any atom is -0.480 e. The second-order valence-corrected chi connectivity index (χ2v) is 6.67. The van der Waals surface area contributed by atoms with Gasteiger partial charge in [-0.05, 0) is 19.3 Å². The summed E-state index contributed by atoms with van der Waals surface area (Å²) in [6.45, 7) is 3.57. The molecule has 0 unspecified atom stereocenters. The summed E-state index contributed by atoms with van der Waals surface area (Å²) in [5, 5.41) is 12.7. The van der Waals surface area contributed by atoms with Crippen LogP contribution in [0.15, 0.2) is 6.33 Å². The first-order chi connectivity index (χ1) is 11.1. The van der Waals surface area contributed by atoms with Crippen molar-refractivity contribution in [3.8, 4) is 5.88 Å². The number of nitrogens with zero attached hydrogens (tertiary/aromatic N) is 3. The molecule has 8 heteroatoms. The smallest absolute Gasteiger partial charge is 0.345 e. The lowest BCUT2D eigenvalue weighted by Gasteiger charge is -2.74. The highest BCUT2D eigenvalue weighted by Gasteiger charge is 2.70. The van der Waals surface area contributed by atoms with Crippen molar-refractivity contribution in [3.05, 3.63) is 11.9 Å². The van der Waals surface area contributed by atoms with Crippen LogP contribution in [0.5, 0.6) is 5.88 Å². The summed E-state index contributed by atoms with van der Waals surface area (Å²) in [6, 6.07) is 0. The van der Waals surface area contributed by atoms with E-state index >= 15 is 0 Å². The maximum absolute atomic E-state index is 11.5. The highest BCUT2D eigenvalue weighted by Crippen LogP contribution is 2.64. The summed E-state index contributed by atoms with van der Waals surface area (Å²) in [6.07, 6.45) is 4.39. The van der Waals surface area contributed by atoms with Crippen LogP contribution in [0.2, 0.25) is 0 Å². The minimum absolute atomic E-state index is 0.000137. The summed E-state index contributed by atoms with van der Waals surface area (Å²) >= 11 is 0. The first-order valence-corrected chi connectivity index (χ1v) is 7.81. The molecule has 5 rings (SSSR count). The Morgan fingerprint density at radius 2 is 2.04 bits per heavy atom. The number of nitrogens with one attached hydrogen (secondary N) is 1. The Morgan fingerprint density at radius 1 is 1.35 bits per heavy atom. The van der Waals surface area contributed by atoms with Gasteiger partial charge in [0.1, 0.15) is 12.1 Å². The molecule has 0 amide bonds. The summed E-state index contributed by atoms with van der Waals surface area (Å²) < 4.78 is 10.5. The Bertz CT molecular complexity index is 625. The molecule has 0 atom stereocenters. The van der Waals surface area contributed by atoms with Crippen LogP contribution >= 0.6 is 0 Å². The molecule has 2 heterocycles. The third-order valence-electron chi connectivity index (χ3n) is 5.29. The number of anilines is 1. The SMILES string of the molecule is COc1ncnc(NC23CC(N4CCOCC4)(C2)C3)c1C(=O)O. The zero-order chi connectivity index (χ0) is 16.1. The van der Waals surface area contributed by atoms with Gasteiger partial charge in [0, 0.05) is 24.2 Å². The Labute approximate surface area is 133 Å². The molecule has 2 N–H and O–H groups in total. The lowest BCUT2D eigenvalue weighted by Crippen LogP contribution is -2.82. The van der Waals surface area contributed by atoms with Gasteiger partial charge in [0.2, 0.25) is 5.88 Å². The van der Waals surface area contributed by atoms with Gasteiger partial charge in [0.05, 0.1) is 20.3 Å². The molecule has 0 spiro atoms. The van der Waals surface area contributed by atoms with E-state index in [1.807, 2.05) is 0 Å². The molecule has 1 aromatic rings. The number of carboxylic acid groups (broad SMARTS) is 1. The van der Waals surface area contributed by atoms with Crippen molar-refractivity contribution in [2.24, 2.45) is 0 Å². The Balaban J connectivity index is 1.48. The number of methoxy groups -OCH3 is 1. The van der Waals surface area contributed by atoms with Crippen LogP contribution in [-0.2, 0) is 4.74 Å². The Kier molecular flexibility index (Phi) is 3.21. The van der Waals surface area contributed by atoms with E-state index in [0.717, 1.165) is 45.6 Å². The number of ether oxygens (including phenoxy) is 2. The van der Waals surface area contributed by atoms with Crippen molar-refractivity contribution in [2.75, 3.05) is 38.7 Å². The van der Waals surface area contributed by atoms with E-state index in [9.17, 15) is 9.90 Å². The molecule has 1 aliphatic heterocycles. The number of aromatic carboxylic acids is 1. The van der Waals surface area contributed by atoms with E-state index in [1.54, 1.807) is 0 Å². The summed E-state index contributed by atoms with van der Waals surface area (Å²) in [5.74, 6) is -0.649. The maximum Gasteiger partial charge on any atom is 0.345 e. The quantitative estimate of drug-likeness (QED) is 0.814. The fourth-order valence-electron chi connectivity index (χ4n) is 4.30. The van der Waals surface area contributed by atoms with Crippen LogP contribution in [0.4, 0.5) is 5.82 Å². The Hall–Kier alpha value is -1.93. The highest BCUT2D eigenvalue weighted by molar-refractivity contribution is 5.95. The number of carbonyl (C=O) groups is 1. The second-order valence-electron chi connectivity index (χ2n) is 6.67. The standard InChI is InChI=1S/C15H20N4O4/c1-22-12-10(13(20)21)11(16-9-17-12)18-14-6-15(7-14,8-14)19-2-4-23-5-3-19/h9H,2-8H2,1H3,(H,20,21)(H,16,17,18). The van der Waals surface area contributed by atoms with Crippen LogP contribution in [-0.4, -0.2) is 70.4 Å². The molecule has 124 valence electrons. The number of aromatic nitrogens is 2. The lowest BCUT2D eigenvalue weighted by atomic mass is 9.43. The van der Waals surface area contributed by atoms with Crippen molar-refractivity contribution >= 4 is 11.8 Å². The highest BCUT2D eigenvalue weighted by atomic mass is 16.5. The van der Waals surface area contributed by atoms with Gasteiger partial charge in [-0.3, -0.25) is 4.90 Å². The van der Waals surface area contributed by atoms with Crippen molar-refractivity contribution < 1.29 is 19.4 Å². The van der Waals surface area contributed by atoms with Gasteiger partial charge in [-0.2, -0.15) is 0 Å². The maximum atomic E-state index is 11.5. The molecule has 8 nitrogen and oxygen atoms in total. The van der Waals surface area contributed by atoms with Crippen LogP contribution in [0.25, 0.3) is 0 Å². The minimum atomic E-state index is -1.08. The largest absolute Gasteiger partial charge is 0.480 e. The van der Waals surface area contributed by atoms with Crippen LogP contribution in [0.3, 0.4) is 0 Å². The lowest BCUT2D eigenvalue weighted by molar-refractivity contribution is -0.172. The molecule has 1 aromatic heterocycles. The normalized spacial score (nSPS) is 32.6. The number of carboxylic acids is 1. The van der Waals surface area contributed by atoms with Gasteiger partial charge in [0.25, 0.3) is 0 Å². The molecule has 23 heavy (non-hydrogen) atoms. The molecular weight excluding hydrogens is 300 g/mol. The van der Waals surface area contributed by atoms with Gasteiger partial charge in [-0.15, -0.1) is 0 Å². The summed E-state index contributed by atoms with van der Waals surface area (Å²) in [7, 11) is 1.41. The van der Waals surface area contributed by atoms with E-state index in [-0.39, 0.29) is 22.5 Å². The van der Waals surface area contributed by atoms with Crippen molar-refractivity contribution in [2.45, 2.75) is 30.3 Å². The fourth-order valence-corrected chi connectivity index (χ4v) is 4.30. The van der Waals surface area contributed by atoms with Crippen molar-refractivity contribution in [1.82, 2.24) is 14.9 Å². The van der Waals surface area contributed by atoms with Crippen LogP contribution < -0.4 is 10.1 Å². The molecule has 3 saturated carbocycles. The van der Waals surface area contributed by atoms with Gasteiger partial charge in [-0.25, -0.2) is 14.8 Å². The first kappa shape index (κ1) is 14.6. The molecule has 2 bridgehead atoms. The van der Waals surface area contributed by atoms with Gasteiger partial charge >= 0.3 is 5.97 Å². The second kappa shape index (κ2) is 5.04. The predicted octanol–water partition coefficient (Wildman–Crippen LogP) is 0.603. The zero-order valence-electron chi connectivity index (χ0n) is 13.0. The number of morpholine rings is 1. The molecule has 3 aliphatic carbocycles. The average molecular weight is 320 g/mol. The first-order valence-electron chi connectivity index (χ1n) is 7.81. The van der Waals surface area contributed by atoms with E-state index in [4.69, 9.17) is 9.47 Å². The summed E-state index contributed by atoms with van der Waals surface area (Å²) in [4.78, 5) is 22.0. The van der Waals surface area contributed by atoms with E-state index in [2.05, 4.69) is 20.2 Å². The third kappa shape index (κ3) is 2.16. The number of hydrogen-bond acceptors (Lipinski definition) is 7. The van der Waals surface area contributed by atoms with E-state index < -0.39 is 5.97 Å². The molecule has 4 aliphatic rings. The fraction of sp³-hybridized carbons (Fsp3) is 0.667. The number of rotatable bonds is 5. The summed E-state index contributed by atoms with van der Waals surface area (Å²) in [5.41, 5.74) is 0.235. The third-order valence-corrected chi connectivity index (χ3v) is 5.29. The van der Waals surface area contributed by atoms with E-state index in [0.29, 0.717) is 5.82 Å². The number of hydrogen-bond donors (Lipinski definition) is 2. The molecular formula is C15H20N4O4. The van der Waals surface area contributed by atoms with Crippen molar-refractivity contribution in [1.29, 1.82) is 0 Å². The predicted molar refractivity (Wildman–Crippen MR) is 80.9 cm³/mol. The zero-order valence-corrected chi connectivity index (χ0v) is 13.0. The average Bonchev–Trinajstić information content (AvgIpc) is 2.49. The van der Waals surface area contributed by atoms with E-state index in [1.165, 1.54) is 13.4 Å². The topological polar surface area (TPSA) is 96.8 Å². The molecule has 0 aromatic carbocycles. The van der Waals surface area contributed by atoms with Gasteiger partial charge in [-0.1, -0.05) is 0 Å². The van der Waals surface area contributed by atoms with Crippen LogP contribution in [0, 0.1) is 0 Å². The molecule has 4 fully saturated rings. The van der Waals surface area contributed by atoms with Gasteiger partial charge in [0.15, 0.2) is 5.56 Å². The van der Waals surface area contributed by atoms with Gasteiger partial charge < -0.3 is 19.9 Å². The molecule has 0 radical (unpaired) electrons. The van der Waals surface area contributed by atoms with Crippen molar-refractivity contribution in [3.63, 3.8) is 0 Å². The molecule has 1 saturated heterocycles.